The second kappa shape index (κ2) is 11.8. The first-order valence-electron chi connectivity index (χ1n) is 9.79. The first kappa shape index (κ1) is 20.8. The predicted molar refractivity (Wildman–Crippen MR) is 115 cm³/mol. The Balaban J connectivity index is 1.57. The molecule has 0 aromatic heterocycles. The second-order valence-corrected chi connectivity index (χ2v) is 6.81. The molecule has 2 atom stereocenters. The van der Waals surface area contributed by atoms with Crippen LogP contribution in [0.3, 0.4) is 0 Å². The molecule has 3 aromatic carbocycles. The number of ether oxygens (including phenoxy) is 2. The molecule has 0 heterocycles. The fourth-order valence-corrected chi connectivity index (χ4v) is 2.81. The van der Waals surface area contributed by atoms with Crippen LogP contribution in [0.15, 0.2) is 91.0 Å². The molecule has 3 rings (SSSR count). The van der Waals surface area contributed by atoms with Crippen molar-refractivity contribution in [1.82, 2.24) is 0 Å². The van der Waals surface area contributed by atoms with Crippen LogP contribution >= 0.6 is 0 Å². The van der Waals surface area contributed by atoms with E-state index in [0.29, 0.717) is 19.8 Å². The highest BCUT2D eigenvalue weighted by atomic mass is 16.5. The van der Waals surface area contributed by atoms with Gasteiger partial charge in [0.15, 0.2) is 0 Å². The van der Waals surface area contributed by atoms with E-state index in [-0.39, 0.29) is 12.5 Å². The highest BCUT2D eigenvalue weighted by Gasteiger charge is 2.18. The zero-order valence-electron chi connectivity index (χ0n) is 16.4. The lowest BCUT2D eigenvalue weighted by molar-refractivity contribution is -0.0155. The maximum Gasteiger partial charge on any atom is 0.0933 e. The summed E-state index contributed by atoms with van der Waals surface area (Å²) in [5, 5.41) is 10.7. The van der Waals surface area contributed by atoms with E-state index in [1.54, 1.807) is 0 Å². The zero-order chi connectivity index (χ0) is 20.2. The molecule has 1 N–H and O–H groups in total. The molecule has 0 radical (unpaired) electrons. The SMILES string of the molecule is O[C@H](COCc1ccccc1)[C@@H](C#Cc1ccccc1)COCc1ccccc1. The Kier molecular flexibility index (Phi) is 8.50. The van der Waals surface area contributed by atoms with E-state index < -0.39 is 6.10 Å². The van der Waals surface area contributed by atoms with Crippen molar-refractivity contribution in [2.24, 2.45) is 5.92 Å². The lowest BCUT2D eigenvalue weighted by Crippen LogP contribution is -2.28. The summed E-state index contributed by atoms with van der Waals surface area (Å²) in [7, 11) is 0. The number of benzene rings is 3. The van der Waals surface area contributed by atoms with Gasteiger partial charge in [0.2, 0.25) is 0 Å². The quantitative estimate of drug-likeness (QED) is 0.552. The van der Waals surface area contributed by atoms with Gasteiger partial charge in [-0.3, -0.25) is 0 Å². The lowest BCUT2D eigenvalue weighted by Gasteiger charge is -2.18. The van der Waals surface area contributed by atoms with Crippen molar-refractivity contribution in [1.29, 1.82) is 0 Å². The Labute approximate surface area is 172 Å². The average molecular weight is 386 g/mol. The first-order chi connectivity index (χ1) is 14.3. The Morgan fingerprint density at radius 2 is 1.14 bits per heavy atom. The van der Waals surface area contributed by atoms with E-state index in [9.17, 15) is 5.11 Å². The topological polar surface area (TPSA) is 38.7 Å². The minimum absolute atomic E-state index is 0.206. The summed E-state index contributed by atoms with van der Waals surface area (Å²) in [5.74, 6) is 5.96. The van der Waals surface area contributed by atoms with Crippen molar-refractivity contribution >= 4 is 0 Å². The van der Waals surface area contributed by atoms with Gasteiger partial charge in [0.25, 0.3) is 0 Å². The summed E-state index contributed by atoms with van der Waals surface area (Å²) in [4.78, 5) is 0. The monoisotopic (exact) mass is 386 g/mol. The van der Waals surface area contributed by atoms with Gasteiger partial charge in [-0.1, -0.05) is 90.7 Å². The molecule has 0 bridgehead atoms. The molecule has 0 aliphatic carbocycles. The Morgan fingerprint density at radius 3 is 1.69 bits per heavy atom. The second-order valence-electron chi connectivity index (χ2n) is 6.81. The van der Waals surface area contributed by atoms with Crippen LogP contribution in [0, 0.1) is 17.8 Å². The van der Waals surface area contributed by atoms with Crippen molar-refractivity contribution in [3.05, 3.63) is 108 Å². The number of aliphatic hydroxyl groups is 1. The molecule has 0 unspecified atom stereocenters. The first-order valence-corrected chi connectivity index (χ1v) is 9.79. The smallest absolute Gasteiger partial charge is 0.0933 e. The molecule has 148 valence electrons. The van der Waals surface area contributed by atoms with Gasteiger partial charge in [0.05, 0.1) is 38.4 Å². The highest BCUT2D eigenvalue weighted by Crippen LogP contribution is 2.10. The third-order valence-electron chi connectivity index (χ3n) is 4.45. The standard InChI is InChI=1S/C26H26O3/c27-26(21-29-19-24-14-8-3-9-15-24)25(17-16-22-10-4-1-5-11-22)20-28-18-23-12-6-2-7-13-23/h1-15,25-27H,18-21H2/t25-,26+/m0/s1. The van der Waals surface area contributed by atoms with Gasteiger partial charge < -0.3 is 14.6 Å². The lowest BCUT2D eigenvalue weighted by atomic mass is 10.0. The van der Waals surface area contributed by atoms with Crippen molar-refractivity contribution in [2.45, 2.75) is 19.3 Å². The number of hydrogen-bond donors (Lipinski definition) is 1. The molecule has 3 nitrogen and oxygen atoms in total. The minimum atomic E-state index is -0.731. The third kappa shape index (κ3) is 7.56. The average Bonchev–Trinajstić information content (AvgIpc) is 2.78. The summed E-state index contributed by atoms with van der Waals surface area (Å²) < 4.78 is 11.5. The molecule has 0 saturated heterocycles. The van der Waals surface area contributed by atoms with Gasteiger partial charge in [0, 0.05) is 5.56 Å². The van der Waals surface area contributed by atoms with E-state index in [0.717, 1.165) is 16.7 Å². The van der Waals surface area contributed by atoms with E-state index >= 15 is 0 Å². The Bertz CT molecular complexity index is 883. The Morgan fingerprint density at radius 1 is 0.655 bits per heavy atom. The van der Waals surface area contributed by atoms with E-state index in [2.05, 4.69) is 11.8 Å². The normalized spacial score (nSPS) is 12.6. The Hall–Kier alpha value is -2.90. The molecular weight excluding hydrogens is 360 g/mol. The van der Waals surface area contributed by atoms with Crippen LogP contribution in [0.2, 0.25) is 0 Å². The van der Waals surface area contributed by atoms with Crippen LogP contribution in [-0.4, -0.2) is 24.4 Å². The minimum Gasteiger partial charge on any atom is -0.389 e. The fraction of sp³-hybridized carbons (Fsp3) is 0.231. The number of aliphatic hydroxyl groups excluding tert-OH is 1. The maximum atomic E-state index is 10.7. The summed E-state index contributed by atoms with van der Waals surface area (Å²) in [6, 6.07) is 29.7. The molecule has 0 fully saturated rings. The van der Waals surface area contributed by atoms with Crippen molar-refractivity contribution in [3.8, 4) is 11.8 Å². The third-order valence-corrected chi connectivity index (χ3v) is 4.45. The van der Waals surface area contributed by atoms with Gasteiger partial charge in [-0.05, 0) is 23.3 Å². The van der Waals surface area contributed by atoms with Crippen LogP contribution < -0.4 is 0 Å². The number of rotatable bonds is 9. The zero-order valence-corrected chi connectivity index (χ0v) is 16.4. The van der Waals surface area contributed by atoms with Crippen LogP contribution in [0.5, 0.6) is 0 Å². The van der Waals surface area contributed by atoms with Gasteiger partial charge >= 0.3 is 0 Å². The maximum absolute atomic E-state index is 10.7. The van der Waals surface area contributed by atoms with E-state index in [4.69, 9.17) is 9.47 Å². The predicted octanol–water partition coefficient (Wildman–Crippen LogP) is 4.45. The van der Waals surface area contributed by atoms with Gasteiger partial charge in [0.1, 0.15) is 0 Å². The molecule has 0 saturated carbocycles. The molecule has 0 aliphatic heterocycles. The van der Waals surface area contributed by atoms with Crippen molar-refractivity contribution in [2.75, 3.05) is 13.2 Å². The van der Waals surface area contributed by atoms with Crippen LogP contribution in [0.1, 0.15) is 16.7 Å². The molecule has 0 spiro atoms. The van der Waals surface area contributed by atoms with Crippen LogP contribution in [0.25, 0.3) is 0 Å². The van der Waals surface area contributed by atoms with Crippen LogP contribution in [0.4, 0.5) is 0 Å². The highest BCUT2D eigenvalue weighted by molar-refractivity contribution is 5.34. The summed E-state index contributed by atoms with van der Waals surface area (Å²) in [6.07, 6.45) is -0.731. The molecule has 29 heavy (non-hydrogen) atoms. The molecule has 0 amide bonds. The van der Waals surface area contributed by atoms with Gasteiger partial charge in [-0.2, -0.15) is 0 Å². The molecule has 0 aliphatic rings. The van der Waals surface area contributed by atoms with Gasteiger partial charge in [-0.15, -0.1) is 0 Å². The fourth-order valence-electron chi connectivity index (χ4n) is 2.81. The summed E-state index contributed by atoms with van der Waals surface area (Å²) >= 11 is 0. The van der Waals surface area contributed by atoms with E-state index in [1.807, 2.05) is 91.0 Å². The summed E-state index contributed by atoms with van der Waals surface area (Å²) in [6.45, 7) is 1.49. The van der Waals surface area contributed by atoms with Gasteiger partial charge in [-0.25, -0.2) is 0 Å². The molecular formula is C26H26O3. The largest absolute Gasteiger partial charge is 0.389 e. The molecule has 3 aromatic rings. The molecule has 3 heteroatoms. The number of hydrogen-bond acceptors (Lipinski definition) is 3. The van der Waals surface area contributed by atoms with Crippen LogP contribution in [-0.2, 0) is 22.7 Å². The van der Waals surface area contributed by atoms with Crippen molar-refractivity contribution in [3.63, 3.8) is 0 Å². The van der Waals surface area contributed by atoms with E-state index in [1.165, 1.54) is 0 Å². The summed E-state index contributed by atoms with van der Waals surface area (Å²) in [5.41, 5.74) is 3.09. The van der Waals surface area contributed by atoms with Crippen molar-refractivity contribution < 1.29 is 14.6 Å².